The van der Waals surface area contributed by atoms with Gasteiger partial charge in [0, 0.05) is 12.8 Å². The Kier molecular flexibility index (Phi) is 3.61. The average Bonchev–Trinajstić information content (AvgIpc) is 2.80. The van der Waals surface area contributed by atoms with Gasteiger partial charge in [0.25, 0.3) is 0 Å². The third-order valence-corrected chi connectivity index (χ3v) is 2.55. The van der Waals surface area contributed by atoms with Crippen LogP contribution in [0, 0.1) is 0 Å². The highest BCUT2D eigenvalue weighted by Crippen LogP contribution is 2.39. The summed E-state index contributed by atoms with van der Waals surface area (Å²) in [7, 11) is 0. The number of alkyl carbamates (subject to hydrolysis) is 1. The molecule has 1 rings (SSSR count). The van der Waals surface area contributed by atoms with E-state index < -0.39 is 11.7 Å². The van der Waals surface area contributed by atoms with E-state index in [9.17, 15) is 9.59 Å². The average molecular weight is 227 g/mol. The number of ketones is 1. The van der Waals surface area contributed by atoms with Crippen molar-refractivity contribution >= 4 is 11.9 Å². The van der Waals surface area contributed by atoms with Crippen molar-refractivity contribution in [1.82, 2.24) is 5.32 Å². The van der Waals surface area contributed by atoms with E-state index >= 15 is 0 Å². The lowest BCUT2D eigenvalue weighted by molar-refractivity contribution is -0.119. The Morgan fingerprint density at radius 2 is 1.88 bits per heavy atom. The second-order valence-electron chi connectivity index (χ2n) is 5.48. The third-order valence-electron chi connectivity index (χ3n) is 2.55. The summed E-state index contributed by atoms with van der Waals surface area (Å²) in [4.78, 5) is 22.9. The molecule has 0 atom stereocenters. The molecule has 0 saturated heterocycles. The van der Waals surface area contributed by atoms with Crippen LogP contribution in [0.4, 0.5) is 4.79 Å². The Bertz CT molecular complexity index is 287. The summed E-state index contributed by atoms with van der Waals surface area (Å²) in [6.45, 7) is 7.31. The zero-order valence-electron chi connectivity index (χ0n) is 10.6. The van der Waals surface area contributed by atoms with E-state index in [1.54, 1.807) is 0 Å². The normalized spacial score (nSPS) is 17.8. The zero-order chi connectivity index (χ0) is 12.4. The van der Waals surface area contributed by atoms with Crippen molar-refractivity contribution in [2.45, 2.75) is 64.5 Å². The molecule has 1 fully saturated rings. The molecule has 0 aromatic heterocycles. The molecule has 4 heteroatoms. The highest BCUT2D eigenvalue weighted by molar-refractivity contribution is 5.81. The first kappa shape index (κ1) is 13.0. The fourth-order valence-electron chi connectivity index (χ4n) is 1.52. The molecule has 1 amide bonds. The van der Waals surface area contributed by atoms with Crippen LogP contribution in [0.5, 0.6) is 0 Å². The van der Waals surface area contributed by atoms with E-state index in [0.717, 1.165) is 12.8 Å². The second kappa shape index (κ2) is 4.44. The van der Waals surface area contributed by atoms with Crippen LogP contribution in [0.15, 0.2) is 0 Å². The molecule has 0 radical (unpaired) electrons. The fourth-order valence-corrected chi connectivity index (χ4v) is 1.52. The summed E-state index contributed by atoms with van der Waals surface area (Å²) in [6, 6.07) is 0. The molecular formula is C12H21NO3. The van der Waals surface area contributed by atoms with E-state index in [0.29, 0.717) is 12.8 Å². The van der Waals surface area contributed by atoms with E-state index in [2.05, 4.69) is 5.32 Å². The minimum Gasteiger partial charge on any atom is -0.444 e. The van der Waals surface area contributed by atoms with Crippen molar-refractivity contribution in [2.75, 3.05) is 0 Å². The molecular weight excluding hydrogens is 206 g/mol. The van der Waals surface area contributed by atoms with Gasteiger partial charge in [0.05, 0.1) is 5.54 Å². The quantitative estimate of drug-likeness (QED) is 0.802. The van der Waals surface area contributed by atoms with E-state index in [1.807, 2.05) is 27.7 Å². The summed E-state index contributed by atoms with van der Waals surface area (Å²) in [5.74, 6) is 0.188. The molecule has 0 aromatic carbocycles. The van der Waals surface area contributed by atoms with Gasteiger partial charge in [-0.1, -0.05) is 6.92 Å². The number of hydrogen-bond donors (Lipinski definition) is 1. The lowest BCUT2D eigenvalue weighted by Gasteiger charge is -2.23. The number of rotatable bonds is 4. The van der Waals surface area contributed by atoms with Gasteiger partial charge >= 0.3 is 6.09 Å². The van der Waals surface area contributed by atoms with Gasteiger partial charge in [-0.2, -0.15) is 0 Å². The lowest BCUT2D eigenvalue weighted by atomic mass is 10.1. The number of carbonyl (C=O) groups is 2. The summed E-state index contributed by atoms with van der Waals surface area (Å²) < 4.78 is 5.17. The highest BCUT2D eigenvalue weighted by Gasteiger charge is 2.46. The predicted octanol–water partition coefficient (Wildman–Crippen LogP) is 2.41. The molecule has 0 unspecified atom stereocenters. The molecule has 1 saturated carbocycles. The molecule has 1 aliphatic carbocycles. The van der Waals surface area contributed by atoms with E-state index in [1.165, 1.54) is 0 Å². The largest absolute Gasteiger partial charge is 0.444 e. The summed E-state index contributed by atoms with van der Waals surface area (Å²) >= 11 is 0. The van der Waals surface area contributed by atoms with Gasteiger partial charge in [0.1, 0.15) is 11.4 Å². The SMILES string of the molecule is CCC(=O)CC1(NC(=O)OC(C)(C)C)CC1. The monoisotopic (exact) mass is 227 g/mol. The topological polar surface area (TPSA) is 55.4 Å². The number of amides is 1. The van der Waals surface area contributed by atoms with Crippen molar-refractivity contribution in [2.24, 2.45) is 0 Å². The Morgan fingerprint density at radius 3 is 2.25 bits per heavy atom. The number of carbonyl (C=O) groups excluding carboxylic acids is 2. The number of ether oxygens (including phenoxy) is 1. The zero-order valence-corrected chi connectivity index (χ0v) is 10.6. The Morgan fingerprint density at radius 1 is 1.31 bits per heavy atom. The number of nitrogens with one attached hydrogen (secondary N) is 1. The van der Waals surface area contributed by atoms with Gasteiger partial charge in [-0.15, -0.1) is 0 Å². The maximum Gasteiger partial charge on any atom is 0.408 e. The first-order valence-corrected chi connectivity index (χ1v) is 5.79. The molecule has 1 aliphatic rings. The van der Waals surface area contributed by atoms with Crippen LogP contribution >= 0.6 is 0 Å². The van der Waals surface area contributed by atoms with Gasteiger partial charge < -0.3 is 10.1 Å². The lowest BCUT2D eigenvalue weighted by Crippen LogP contribution is -2.41. The number of hydrogen-bond acceptors (Lipinski definition) is 3. The van der Waals surface area contributed by atoms with E-state index in [4.69, 9.17) is 4.74 Å². The van der Waals surface area contributed by atoms with Gasteiger partial charge in [-0.25, -0.2) is 4.79 Å². The smallest absolute Gasteiger partial charge is 0.408 e. The Balaban J connectivity index is 2.42. The second-order valence-corrected chi connectivity index (χ2v) is 5.48. The van der Waals surface area contributed by atoms with Gasteiger partial charge in [0.2, 0.25) is 0 Å². The molecule has 0 aromatic rings. The minimum atomic E-state index is -0.491. The Labute approximate surface area is 96.7 Å². The third kappa shape index (κ3) is 4.21. The van der Waals surface area contributed by atoms with Crippen molar-refractivity contribution in [1.29, 1.82) is 0 Å². The highest BCUT2D eigenvalue weighted by atomic mass is 16.6. The summed E-state index contributed by atoms with van der Waals surface area (Å²) in [5, 5.41) is 2.81. The van der Waals surface area contributed by atoms with Gasteiger partial charge in [0.15, 0.2) is 0 Å². The maximum absolute atomic E-state index is 11.5. The van der Waals surface area contributed by atoms with Crippen LogP contribution in [0.2, 0.25) is 0 Å². The molecule has 4 nitrogen and oxygen atoms in total. The van der Waals surface area contributed by atoms with Crippen LogP contribution in [-0.2, 0) is 9.53 Å². The van der Waals surface area contributed by atoms with Crippen LogP contribution in [0.25, 0.3) is 0 Å². The van der Waals surface area contributed by atoms with Crippen molar-refractivity contribution < 1.29 is 14.3 Å². The minimum absolute atomic E-state index is 0.188. The molecule has 0 aliphatic heterocycles. The molecule has 0 heterocycles. The van der Waals surface area contributed by atoms with Crippen molar-refractivity contribution in [3.63, 3.8) is 0 Å². The van der Waals surface area contributed by atoms with Crippen LogP contribution < -0.4 is 5.32 Å². The summed E-state index contributed by atoms with van der Waals surface area (Å²) in [6.07, 6.45) is 2.28. The number of Topliss-reactive ketones (excluding diaryl/α,β-unsaturated/α-hetero) is 1. The molecule has 1 N–H and O–H groups in total. The first-order chi connectivity index (χ1) is 7.26. The van der Waals surface area contributed by atoms with Gasteiger partial charge in [-0.05, 0) is 33.6 Å². The molecule has 16 heavy (non-hydrogen) atoms. The molecule has 0 spiro atoms. The van der Waals surface area contributed by atoms with Gasteiger partial charge in [-0.3, -0.25) is 4.79 Å². The fraction of sp³-hybridized carbons (Fsp3) is 0.833. The van der Waals surface area contributed by atoms with Crippen LogP contribution in [-0.4, -0.2) is 23.0 Å². The first-order valence-electron chi connectivity index (χ1n) is 5.79. The predicted molar refractivity (Wildman–Crippen MR) is 61.2 cm³/mol. The van der Waals surface area contributed by atoms with Crippen LogP contribution in [0.1, 0.15) is 53.4 Å². The van der Waals surface area contributed by atoms with Crippen molar-refractivity contribution in [3.05, 3.63) is 0 Å². The Hall–Kier alpha value is -1.06. The molecule has 0 bridgehead atoms. The summed E-state index contributed by atoms with van der Waals surface area (Å²) in [5.41, 5.74) is -0.801. The van der Waals surface area contributed by atoms with E-state index in [-0.39, 0.29) is 11.3 Å². The maximum atomic E-state index is 11.5. The standard InChI is InChI=1S/C12H21NO3/c1-5-9(14)8-12(6-7-12)13-10(15)16-11(2,3)4/h5-8H2,1-4H3,(H,13,15). The molecule has 92 valence electrons. The van der Waals surface area contributed by atoms with Crippen LogP contribution in [0.3, 0.4) is 0 Å². The van der Waals surface area contributed by atoms with Crippen molar-refractivity contribution in [3.8, 4) is 0 Å².